The van der Waals surface area contributed by atoms with Crippen molar-refractivity contribution < 1.29 is 9.13 Å². The maximum Gasteiger partial charge on any atom is 0.128 e. The summed E-state index contributed by atoms with van der Waals surface area (Å²) < 4.78 is 19.2. The van der Waals surface area contributed by atoms with Gasteiger partial charge in [0, 0.05) is 12.2 Å². The Bertz CT molecular complexity index is 403. The van der Waals surface area contributed by atoms with Crippen LogP contribution in [0.2, 0.25) is 0 Å². The molecule has 94 valence electrons. The van der Waals surface area contributed by atoms with Gasteiger partial charge in [-0.05, 0) is 51.3 Å². The fourth-order valence-electron chi connectivity index (χ4n) is 2.16. The molecule has 0 aliphatic carbocycles. The van der Waals surface area contributed by atoms with E-state index < -0.39 is 0 Å². The van der Waals surface area contributed by atoms with E-state index in [1.54, 1.807) is 13.0 Å². The quantitative estimate of drug-likeness (QED) is 0.868. The van der Waals surface area contributed by atoms with Crippen LogP contribution >= 0.6 is 0 Å². The first-order chi connectivity index (χ1) is 7.96. The molecular weight excluding hydrogens is 217 g/mol. The van der Waals surface area contributed by atoms with Crippen LogP contribution in [-0.4, -0.2) is 18.2 Å². The molecule has 0 saturated carbocycles. The molecule has 1 N–H and O–H groups in total. The lowest BCUT2D eigenvalue weighted by molar-refractivity contribution is -0.00911. The van der Waals surface area contributed by atoms with Crippen LogP contribution in [0.5, 0.6) is 0 Å². The van der Waals surface area contributed by atoms with E-state index in [1.165, 1.54) is 6.07 Å². The van der Waals surface area contributed by atoms with Crippen LogP contribution in [0.4, 0.5) is 10.1 Å². The van der Waals surface area contributed by atoms with Crippen LogP contribution in [0.3, 0.4) is 0 Å². The molecule has 3 heteroatoms. The second-order valence-corrected chi connectivity index (χ2v) is 5.38. The molecule has 2 nitrogen and oxygen atoms in total. The molecule has 0 amide bonds. The second kappa shape index (κ2) is 4.65. The van der Waals surface area contributed by atoms with E-state index in [9.17, 15) is 4.39 Å². The number of anilines is 1. The zero-order chi connectivity index (χ0) is 12.5. The lowest BCUT2D eigenvalue weighted by atomic mass is 10.1. The number of hydrogen-bond acceptors (Lipinski definition) is 2. The van der Waals surface area contributed by atoms with Gasteiger partial charge in [-0.1, -0.05) is 6.07 Å². The number of hydrogen-bond donors (Lipinski definition) is 1. The van der Waals surface area contributed by atoms with Crippen molar-refractivity contribution in [3.63, 3.8) is 0 Å². The molecule has 0 aromatic heterocycles. The van der Waals surface area contributed by atoms with E-state index in [2.05, 4.69) is 19.2 Å². The summed E-state index contributed by atoms with van der Waals surface area (Å²) in [5.41, 5.74) is 1.49. The van der Waals surface area contributed by atoms with Gasteiger partial charge in [-0.15, -0.1) is 0 Å². The topological polar surface area (TPSA) is 21.3 Å². The van der Waals surface area contributed by atoms with E-state index >= 15 is 0 Å². The fourth-order valence-corrected chi connectivity index (χ4v) is 2.16. The normalized spacial score (nSPS) is 22.7. The van der Waals surface area contributed by atoms with Crippen molar-refractivity contribution in [3.05, 3.63) is 29.6 Å². The van der Waals surface area contributed by atoms with Crippen molar-refractivity contribution in [2.75, 3.05) is 11.9 Å². The molecule has 1 saturated heterocycles. The summed E-state index contributed by atoms with van der Waals surface area (Å²) in [4.78, 5) is 0. The summed E-state index contributed by atoms with van der Waals surface area (Å²) in [6.07, 6.45) is 2.38. The molecule has 1 heterocycles. The molecule has 1 aromatic carbocycles. The van der Waals surface area contributed by atoms with Gasteiger partial charge in [0.15, 0.2) is 0 Å². The van der Waals surface area contributed by atoms with Crippen molar-refractivity contribution in [1.82, 2.24) is 0 Å². The highest BCUT2D eigenvalue weighted by Gasteiger charge is 2.31. The Balaban J connectivity index is 1.88. The van der Waals surface area contributed by atoms with Crippen LogP contribution in [0, 0.1) is 12.7 Å². The average molecular weight is 237 g/mol. The Labute approximate surface area is 102 Å². The molecule has 1 fully saturated rings. The number of benzene rings is 1. The Kier molecular flexibility index (Phi) is 3.38. The highest BCUT2D eigenvalue weighted by atomic mass is 19.1. The SMILES string of the molecule is Cc1ccc(NCC2CCC(C)(C)O2)cc1F. The Hall–Kier alpha value is -1.09. The van der Waals surface area contributed by atoms with Gasteiger partial charge in [0.2, 0.25) is 0 Å². The molecule has 1 aliphatic rings. The number of ether oxygens (including phenoxy) is 1. The van der Waals surface area contributed by atoms with E-state index in [0.29, 0.717) is 5.56 Å². The van der Waals surface area contributed by atoms with E-state index in [-0.39, 0.29) is 17.5 Å². The highest BCUT2D eigenvalue weighted by molar-refractivity contribution is 5.45. The Morgan fingerprint density at radius 3 is 2.82 bits per heavy atom. The van der Waals surface area contributed by atoms with Gasteiger partial charge in [-0.2, -0.15) is 0 Å². The monoisotopic (exact) mass is 237 g/mol. The molecule has 17 heavy (non-hydrogen) atoms. The molecule has 1 unspecified atom stereocenters. The van der Waals surface area contributed by atoms with Crippen molar-refractivity contribution in [1.29, 1.82) is 0 Å². The number of halogens is 1. The molecule has 0 spiro atoms. The molecule has 1 aliphatic heterocycles. The largest absolute Gasteiger partial charge is 0.382 e. The summed E-state index contributed by atoms with van der Waals surface area (Å²) in [7, 11) is 0. The predicted octanol–water partition coefficient (Wildman–Crippen LogP) is 3.50. The van der Waals surface area contributed by atoms with Gasteiger partial charge in [0.1, 0.15) is 5.82 Å². The van der Waals surface area contributed by atoms with Crippen molar-refractivity contribution in [2.24, 2.45) is 0 Å². The van der Waals surface area contributed by atoms with Crippen LogP contribution in [0.15, 0.2) is 18.2 Å². The van der Waals surface area contributed by atoms with Gasteiger partial charge in [0.05, 0.1) is 11.7 Å². The summed E-state index contributed by atoms with van der Waals surface area (Å²) in [6.45, 7) is 6.73. The first-order valence-corrected chi connectivity index (χ1v) is 6.14. The molecule has 2 rings (SSSR count). The van der Waals surface area contributed by atoms with Crippen LogP contribution in [0.1, 0.15) is 32.3 Å². The third kappa shape index (κ3) is 3.19. The van der Waals surface area contributed by atoms with Crippen molar-refractivity contribution in [3.8, 4) is 0 Å². The molecule has 0 radical (unpaired) electrons. The van der Waals surface area contributed by atoms with Gasteiger partial charge in [0.25, 0.3) is 0 Å². The summed E-state index contributed by atoms with van der Waals surface area (Å²) in [5, 5.41) is 3.23. The summed E-state index contributed by atoms with van der Waals surface area (Å²) in [6, 6.07) is 5.23. The van der Waals surface area contributed by atoms with E-state index in [4.69, 9.17) is 4.74 Å². The number of aryl methyl sites for hydroxylation is 1. The smallest absolute Gasteiger partial charge is 0.128 e. The fraction of sp³-hybridized carbons (Fsp3) is 0.571. The Morgan fingerprint density at radius 1 is 1.47 bits per heavy atom. The van der Waals surface area contributed by atoms with Crippen LogP contribution in [0.25, 0.3) is 0 Å². The number of nitrogens with one attached hydrogen (secondary N) is 1. The summed E-state index contributed by atoms with van der Waals surface area (Å²) in [5.74, 6) is -0.164. The third-order valence-corrected chi connectivity index (χ3v) is 3.26. The molecule has 0 bridgehead atoms. The van der Waals surface area contributed by atoms with Gasteiger partial charge in [-0.25, -0.2) is 4.39 Å². The lowest BCUT2D eigenvalue weighted by Crippen LogP contribution is -2.24. The lowest BCUT2D eigenvalue weighted by Gasteiger charge is -2.19. The average Bonchev–Trinajstić information content (AvgIpc) is 2.60. The molecular formula is C14H20FNO. The number of rotatable bonds is 3. The molecule has 1 atom stereocenters. The van der Waals surface area contributed by atoms with Crippen LogP contribution in [-0.2, 0) is 4.74 Å². The Morgan fingerprint density at radius 2 is 2.24 bits per heavy atom. The standard InChI is InChI=1S/C14H20FNO/c1-10-4-5-11(8-13(10)15)16-9-12-6-7-14(2,3)17-12/h4-5,8,12,16H,6-7,9H2,1-3H3. The van der Waals surface area contributed by atoms with Crippen LogP contribution < -0.4 is 5.32 Å². The van der Waals surface area contributed by atoms with Crippen molar-refractivity contribution in [2.45, 2.75) is 45.3 Å². The maximum absolute atomic E-state index is 13.3. The first kappa shape index (κ1) is 12.4. The van der Waals surface area contributed by atoms with E-state index in [0.717, 1.165) is 25.1 Å². The minimum Gasteiger partial charge on any atom is -0.382 e. The first-order valence-electron chi connectivity index (χ1n) is 6.14. The maximum atomic E-state index is 13.3. The third-order valence-electron chi connectivity index (χ3n) is 3.26. The predicted molar refractivity (Wildman–Crippen MR) is 67.8 cm³/mol. The van der Waals surface area contributed by atoms with Crippen molar-refractivity contribution >= 4 is 5.69 Å². The zero-order valence-corrected chi connectivity index (χ0v) is 10.7. The molecule has 1 aromatic rings. The van der Waals surface area contributed by atoms with Gasteiger partial charge in [-0.3, -0.25) is 0 Å². The minimum atomic E-state index is -0.164. The zero-order valence-electron chi connectivity index (χ0n) is 10.7. The summed E-state index contributed by atoms with van der Waals surface area (Å²) >= 11 is 0. The van der Waals surface area contributed by atoms with Gasteiger partial charge >= 0.3 is 0 Å². The van der Waals surface area contributed by atoms with E-state index in [1.807, 2.05) is 6.07 Å². The highest BCUT2D eigenvalue weighted by Crippen LogP contribution is 2.29. The minimum absolute atomic E-state index is 0.00905. The second-order valence-electron chi connectivity index (χ2n) is 5.38. The van der Waals surface area contributed by atoms with Gasteiger partial charge < -0.3 is 10.1 Å².